The van der Waals surface area contributed by atoms with Crippen LogP contribution in [0.5, 0.6) is 11.5 Å². The quantitative estimate of drug-likeness (QED) is 0.894. The number of aliphatic hydroxyl groups is 1. The fourth-order valence-corrected chi connectivity index (χ4v) is 2.98. The Morgan fingerprint density at radius 2 is 1.89 bits per heavy atom. The molecule has 1 spiro atoms. The minimum absolute atomic E-state index is 0.414. The van der Waals surface area contributed by atoms with Gasteiger partial charge in [0.2, 0.25) is 0 Å². The van der Waals surface area contributed by atoms with E-state index in [-0.39, 0.29) is 0 Å². The molecule has 0 saturated heterocycles. The van der Waals surface area contributed by atoms with Gasteiger partial charge in [0.15, 0.2) is 11.5 Å². The summed E-state index contributed by atoms with van der Waals surface area (Å²) in [4.78, 5) is 0. The van der Waals surface area contributed by atoms with Gasteiger partial charge in [0.25, 0.3) is 5.79 Å². The Labute approximate surface area is 112 Å². The summed E-state index contributed by atoms with van der Waals surface area (Å²) < 4.78 is 11.9. The number of rotatable bonds is 2. The topological polar surface area (TPSA) is 38.7 Å². The predicted octanol–water partition coefficient (Wildman–Crippen LogP) is 3.30. The molecule has 0 amide bonds. The van der Waals surface area contributed by atoms with E-state index in [9.17, 15) is 5.11 Å². The highest BCUT2D eigenvalue weighted by Gasteiger charge is 2.44. The Morgan fingerprint density at radius 3 is 2.50 bits per heavy atom. The van der Waals surface area contributed by atoms with Crippen LogP contribution in [0.1, 0.15) is 38.2 Å². The lowest BCUT2D eigenvalue weighted by Gasteiger charge is -2.21. The molecule has 0 aromatic heterocycles. The highest BCUT2D eigenvalue weighted by Crippen LogP contribution is 2.48. The molecule has 0 bridgehead atoms. The highest BCUT2D eigenvalue weighted by molar-refractivity contribution is 6.31. The molecule has 3 nitrogen and oxygen atoms in total. The van der Waals surface area contributed by atoms with Crippen molar-refractivity contribution in [2.24, 2.45) is 0 Å². The third kappa shape index (κ3) is 2.06. The van der Waals surface area contributed by atoms with Crippen LogP contribution in [0.15, 0.2) is 12.1 Å². The molecule has 1 unspecified atom stereocenters. The van der Waals surface area contributed by atoms with Gasteiger partial charge in [0, 0.05) is 23.9 Å². The zero-order valence-electron chi connectivity index (χ0n) is 10.4. The van der Waals surface area contributed by atoms with Crippen LogP contribution >= 0.6 is 11.6 Å². The van der Waals surface area contributed by atoms with Gasteiger partial charge in [-0.25, -0.2) is 0 Å². The van der Waals surface area contributed by atoms with Gasteiger partial charge in [-0.05, 0) is 37.8 Å². The Balaban J connectivity index is 1.89. The first kappa shape index (κ1) is 12.1. The second-order valence-electron chi connectivity index (χ2n) is 5.27. The van der Waals surface area contributed by atoms with Crippen molar-refractivity contribution in [1.29, 1.82) is 0 Å². The predicted molar refractivity (Wildman–Crippen MR) is 69.3 cm³/mol. The van der Waals surface area contributed by atoms with Crippen molar-refractivity contribution in [1.82, 2.24) is 0 Å². The number of ether oxygens (including phenoxy) is 2. The first-order chi connectivity index (χ1) is 8.58. The van der Waals surface area contributed by atoms with Gasteiger partial charge in [0.05, 0.1) is 6.10 Å². The Morgan fingerprint density at radius 1 is 1.28 bits per heavy atom. The number of aliphatic hydroxyl groups excluding tert-OH is 1. The van der Waals surface area contributed by atoms with Crippen molar-refractivity contribution < 1.29 is 14.6 Å². The van der Waals surface area contributed by atoms with E-state index in [1.807, 2.05) is 12.1 Å². The zero-order valence-corrected chi connectivity index (χ0v) is 11.2. The van der Waals surface area contributed by atoms with Gasteiger partial charge in [-0.2, -0.15) is 0 Å². The maximum Gasteiger partial charge on any atom is 0.251 e. The number of benzene rings is 1. The van der Waals surface area contributed by atoms with Crippen LogP contribution in [0.3, 0.4) is 0 Å². The van der Waals surface area contributed by atoms with E-state index in [0.717, 1.165) is 42.7 Å². The molecule has 1 fully saturated rings. The molecule has 1 aromatic carbocycles. The molecule has 98 valence electrons. The van der Waals surface area contributed by atoms with Crippen molar-refractivity contribution in [2.45, 2.75) is 50.9 Å². The van der Waals surface area contributed by atoms with Crippen molar-refractivity contribution in [3.05, 3.63) is 22.7 Å². The molecule has 1 heterocycles. The van der Waals surface area contributed by atoms with E-state index in [0.29, 0.717) is 11.4 Å². The van der Waals surface area contributed by atoms with Gasteiger partial charge >= 0.3 is 0 Å². The summed E-state index contributed by atoms with van der Waals surface area (Å²) in [6, 6.07) is 3.71. The third-order valence-corrected chi connectivity index (χ3v) is 3.94. The van der Waals surface area contributed by atoms with Crippen LogP contribution in [0, 0.1) is 0 Å². The van der Waals surface area contributed by atoms with Gasteiger partial charge in [-0.15, -0.1) is 0 Å². The van der Waals surface area contributed by atoms with Gasteiger partial charge < -0.3 is 14.6 Å². The van der Waals surface area contributed by atoms with E-state index >= 15 is 0 Å². The van der Waals surface area contributed by atoms with Crippen LogP contribution < -0.4 is 9.47 Å². The molecular formula is C14H17ClO3. The minimum atomic E-state index is -0.449. The lowest BCUT2D eigenvalue weighted by Crippen LogP contribution is -2.34. The standard InChI is InChI=1S/C14H17ClO3/c1-9(16)6-10-7-12-13(8-11(10)15)18-14(17-12)4-2-3-5-14/h7-9,16H,2-6H2,1H3. The maximum absolute atomic E-state index is 9.45. The number of fused-ring (bicyclic) bond motifs is 1. The molecule has 1 saturated carbocycles. The second kappa shape index (κ2) is 4.32. The second-order valence-corrected chi connectivity index (χ2v) is 5.67. The number of hydrogen-bond donors (Lipinski definition) is 1. The van der Waals surface area contributed by atoms with E-state index in [1.165, 1.54) is 0 Å². The summed E-state index contributed by atoms with van der Waals surface area (Å²) in [7, 11) is 0. The molecule has 2 aliphatic rings. The van der Waals surface area contributed by atoms with E-state index < -0.39 is 11.9 Å². The Bertz CT molecular complexity index is 464. The molecule has 1 aliphatic carbocycles. The lowest BCUT2D eigenvalue weighted by atomic mass is 10.1. The first-order valence-electron chi connectivity index (χ1n) is 6.46. The third-order valence-electron chi connectivity index (χ3n) is 3.59. The van der Waals surface area contributed by atoms with E-state index in [4.69, 9.17) is 21.1 Å². The monoisotopic (exact) mass is 268 g/mol. The summed E-state index contributed by atoms with van der Waals surface area (Å²) in [6.07, 6.45) is 4.27. The van der Waals surface area contributed by atoms with E-state index in [2.05, 4.69) is 0 Å². The van der Waals surface area contributed by atoms with Crippen LogP contribution in [-0.4, -0.2) is 17.0 Å². The molecule has 3 rings (SSSR count). The zero-order chi connectivity index (χ0) is 12.8. The molecule has 0 radical (unpaired) electrons. The van der Waals surface area contributed by atoms with Gasteiger partial charge in [-0.1, -0.05) is 11.6 Å². The fourth-order valence-electron chi connectivity index (χ4n) is 2.75. The van der Waals surface area contributed by atoms with Crippen molar-refractivity contribution >= 4 is 11.6 Å². The van der Waals surface area contributed by atoms with Crippen LogP contribution in [0.4, 0.5) is 0 Å². The Hall–Kier alpha value is -0.930. The summed E-state index contributed by atoms with van der Waals surface area (Å²) in [5.74, 6) is 1.04. The summed E-state index contributed by atoms with van der Waals surface area (Å²) >= 11 is 6.20. The molecule has 1 aromatic rings. The molecule has 1 atom stereocenters. The molecule has 1 aliphatic heterocycles. The van der Waals surface area contributed by atoms with E-state index in [1.54, 1.807) is 6.92 Å². The smallest absolute Gasteiger partial charge is 0.251 e. The van der Waals surface area contributed by atoms with Gasteiger partial charge in [-0.3, -0.25) is 0 Å². The average molecular weight is 269 g/mol. The van der Waals surface area contributed by atoms with Crippen LogP contribution in [0.2, 0.25) is 5.02 Å². The maximum atomic E-state index is 9.45. The van der Waals surface area contributed by atoms with Crippen LogP contribution in [-0.2, 0) is 6.42 Å². The molecule has 18 heavy (non-hydrogen) atoms. The van der Waals surface area contributed by atoms with Gasteiger partial charge in [0.1, 0.15) is 0 Å². The summed E-state index contributed by atoms with van der Waals surface area (Å²) in [5.41, 5.74) is 0.907. The first-order valence-corrected chi connectivity index (χ1v) is 6.84. The number of hydrogen-bond acceptors (Lipinski definition) is 3. The van der Waals surface area contributed by atoms with Crippen molar-refractivity contribution in [2.75, 3.05) is 0 Å². The normalized spacial score (nSPS) is 21.5. The number of halogens is 1. The molecule has 4 heteroatoms. The fraction of sp³-hybridized carbons (Fsp3) is 0.571. The highest BCUT2D eigenvalue weighted by atomic mass is 35.5. The van der Waals surface area contributed by atoms with Crippen molar-refractivity contribution in [3.8, 4) is 11.5 Å². The molecule has 1 N–H and O–H groups in total. The minimum Gasteiger partial charge on any atom is -0.448 e. The average Bonchev–Trinajstić information content (AvgIpc) is 2.86. The Kier molecular flexibility index (Phi) is 2.91. The summed E-state index contributed by atoms with van der Waals surface area (Å²) in [6.45, 7) is 1.75. The lowest BCUT2D eigenvalue weighted by molar-refractivity contribution is -0.0716. The summed E-state index contributed by atoms with van der Waals surface area (Å²) in [5, 5.41) is 10.1. The van der Waals surface area contributed by atoms with Crippen LogP contribution in [0.25, 0.3) is 0 Å². The molecular weight excluding hydrogens is 252 g/mol. The SMILES string of the molecule is CC(O)Cc1cc2c(cc1Cl)OC1(CCCC1)O2. The van der Waals surface area contributed by atoms with Crippen molar-refractivity contribution in [3.63, 3.8) is 0 Å². The largest absolute Gasteiger partial charge is 0.448 e.